The number of aromatic amines is 1. The maximum Gasteiger partial charge on any atom is 0.289 e. The molecule has 2 rings (SSSR count). The van der Waals surface area contributed by atoms with Gasteiger partial charge in [-0.3, -0.25) is 9.59 Å². The van der Waals surface area contributed by atoms with Crippen LogP contribution in [-0.4, -0.2) is 16.7 Å². The Bertz CT molecular complexity index is 555. The summed E-state index contributed by atoms with van der Waals surface area (Å²) < 4.78 is 0. The van der Waals surface area contributed by atoms with E-state index in [1.54, 1.807) is 6.07 Å². The molecule has 0 saturated carbocycles. The number of hydrogen-bond donors (Lipinski definition) is 2. The number of Topliss-reactive ketones (excluding diaryl/α,β-unsaturated/α-hetero) is 1. The molecule has 2 aromatic rings. The van der Waals surface area contributed by atoms with E-state index in [4.69, 9.17) is 5.73 Å². The molecule has 1 aromatic heterocycles. The quantitative estimate of drug-likeness (QED) is 0.566. The lowest BCUT2D eigenvalue weighted by atomic mass is 10.1. The van der Waals surface area contributed by atoms with E-state index in [9.17, 15) is 9.59 Å². The molecule has 3 N–H and O–H groups in total. The highest BCUT2D eigenvalue weighted by Gasteiger charge is 2.16. The number of nitrogens with one attached hydrogen (secondary N) is 1. The topological polar surface area (TPSA) is 76.0 Å². The van der Waals surface area contributed by atoms with Gasteiger partial charge in [0, 0.05) is 17.1 Å². The number of ketones is 1. The zero-order valence-corrected chi connectivity index (χ0v) is 8.20. The summed E-state index contributed by atoms with van der Waals surface area (Å²) in [6, 6.07) is 5.60. The summed E-state index contributed by atoms with van der Waals surface area (Å²) in [4.78, 5) is 25.1. The van der Waals surface area contributed by atoms with Crippen molar-refractivity contribution in [2.45, 2.75) is 6.92 Å². The van der Waals surface area contributed by atoms with Gasteiger partial charge in [0.2, 0.25) is 0 Å². The first-order valence-corrected chi connectivity index (χ1v) is 4.51. The Morgan fingerprint density at radius 1 is 1.33 bits per heavy atom. The van der Waals surface area contributed by atoms with Crippen LogP contribution >= 0.6 is 0 Å². The molecule has 15 heavy (non-hydrogen) atoms. The largest absolute Gasteiger partial charge is 0.363 e. The van der Waals surface area contributed by atoms with E-state index in [-0.39, 0.29) is 0 Å². The zero-order chi connectivity index (χ0) is 11.0. The second kappa shape index (κ2) is 3.24. The van der Waals surface area contributed by atoms with Crippen LogP contribution in [0.4, 0.5) is 0 Å². The molecular formula is C11H10N2O2. The number of benzene rings is 1. The van der Waals surface area contributed by atoms with Gasteiger partial charge in [0.05, 0.1) is 5.56 Å². The average Bonchev–Trinajstić information content (AvgIpc) is 2.59. The molecule has 76 valence electrons. The number of hydrogen-bond acceptors (Lipinski definition) is 2. The van der Waals surface area contributed by atoms with E-state index in [1.807, 2.05) is 19.1 Å². The molecule has 0 aliphatic carbocycles. The minimum absolute atomic E-state index is 0.331. The molecule has 0 aliphatic rings. The van der Waals surface area contributed by atoms with Crippen LogP contribution in [0.1, 0.15) is 15.9 Å². The number of aryl methyl sites for hydroxylation is 1. The van der Waals surface area contributed by atoms with Crippen molar-refractivity contribution in [3.63, 3.8) is 0 Å². The van der Waals surface area contributed by atoms with E-state index in [0.29, 0.717) is 5.56 Å². The van der Waals surface area contributed by atoms with Crippen molar-refractivity contribution in [2.24, 2.45) is 5.73 Å². The van der Waals surface area contributed by atoms with E-state index in [0.717, 1.165) is 16.5 Å². The fraction of sp³-hybridized carbons (Fsp3) is 0.0909. The van der Waals surface area contributed by atoms with Crippen LogP contribution in [0.3, 0.4) is 0 Å². The first kappa shape index (κ1) is 9.45. The first-order valence-electron chi connectivity index (χ1n) is 4.51. The van der Waals surface area contributed by atoms with Crippen molar-refractivity contribution in [2.75, 3.05) is 0 Å². The second-order valence-corrected chi connectivity index (χ2v) is 3.44. The Hall–Kier alpha value is -2.10. The average molecular weight is 202 g/mol. The minimum atomic E-state index is -0.934. The van der Waals surface area contributed by atoms with E-state index in [1.165, 1.54) is 6.20 Å². The molecule has 0 spiro atoms. The highest BCUT2D eigenvalue weighted by molar-refractivity contribution is 6.44. The minimum Gasteiger partial charge on any atom is -0.363 e. The number of aromatic nitrogens is 1. The van der Waals surface area contributed by atoms with Crippen LogP contribution in [0, 0.1) is 6.92 Å². The molecule has 1 amide bonds. The summed E-state index contributed by atoms with van der Waals surface area (Å²) >= 11 is 0. The molecule has 0 bridgehead atoms. The van der Waals surface area contributed by atoms with Crippen LogP contribution in [-0.2, 0) is 4.79 Å². The number of nitrogens with two attached hydrogens (primary N) is 1. The van der Waals surface area contributed by atoms with Gasteiger partial charge in [-0.15, -0.1) is 0 Å². The predicted molar refractivity (Wildman–Crippen MR) is 56.6 cm³/mol. The molecular weight excluding hydrogens is 192 g/mol. The van der Waals surface area contributed by atoms with Gasteiger partial charge in [0.15, 0.2) is 0 Å². The lowest BCUT2D eigenvalue weighted by Gasteiger charge is -1.95. The van der Waals surface area contributed by atoms with Crippen molar-refractivity contribution in [3.05, 3.63) is 35.5 Å². The van der Waals surface area contributed by atoms with E-state index < -0.39 is 11.7 Å². The Balaban J connectivity index is 2.64. The summed E-state index contributed by atoms with van der Waals surface area (Å²) in [7, 11) is 0. The number of H-pyrrole nitrogens is 1. The third-order valence-corrected chi connectivity index (χ3v) is 2.31. The summed E-state index contributed by atoms with van der Waals surface area (Å²) in [5.74, 6) is -1.60. The van der Waals surface area contributed by atoms with Gasteiger partial charge in [0.1, 0.15) is 0 Å². The summed E-state index contributed by atoms with van der Waals surface area (Å²) in [6.45, 7) is 1.95. The van der Waals surface area contributed by atoms with Crippen LogP contribution < -0.4 is 5.73 Å². The Labute approximate surface area is 86.1 Å². The lowest BCUT2D eigenvalue weighted by Crippen LogP contribution is -2.22. The Morgan fingerprint density at radius 3 is 2.73 bits per heavy atom. The molecule has 0 radical (unpaired) electrons. The SMILES string of the molecule is Cc1ccc2c(C(=O)C(N)=O)c[nH]c2c1. The number of carbonyl (C=O) groups is 2. The van der Waals surface area contributed by atoms with Gasteiger partial charge in [-0.25, -0.2) is 0 Å². The molecule has 0 aliphatic heterocycles. The lowest BCUT2D eigenvalue weighted by molar-refractivity contribution is -0.114. The number of primary amides is 1. The first-order chi connectivity index (χ1) is 7.09. The van der Waals surface area contributed by atoms with Crippen molar-refractivity contribution < 1.29 is 9.59 Å². The number of carbonyl (C=O) groups excluding carboxylic acids is 2. The van der Waals surface area contributed by atoms with Crippen molar-refractivity contribution in [3.8, 4) is 0 Å². The van der Waals surface area contributed by atoms with Gasteiger partial charge in [-0.1, -0.05) is 12.1 Å². The third-order valence-electron chi connectivity index (χ3n) is 2.31. The number of fused-ring (bicyclic) bond motifs is 1. The standard InChI is InChI=1S/C11H10N2O2/c1-6-2-3-7-8(10(14)11(12)15)5-13-9(7)4-6/h2-5,13H,1H3,(H2,12,15). The second-order valence-electron chi connectivity index (χ2n) is 3.44. The van der Waals surface area contributed by atoms with Crippen LogP contribution in [0.25, 0.3) is 10.9 Å². The Morgan fingerprint density at radius 2 is 2.07 bits per heavy atom. The third kappa shape index (κ3) is 1.50. The van der Waals surface area contributed by atoms with Crippen molar-refractivity contribution in [1.82, 2.24) is 4.98 Å². The smallest absolute Gasteiger partial charge is 0.289 e. The fourth-order valence-corrected chi connectivity index (χ4v) is 1.56. The molecule has 0 unspecified atom stereocenters. The van der Waals surface area contributed by atoms with Crippen LogP contribution in [0.5, 0.6) is 0 Å². The highest BCUT2D eigenvalue weighted by atomic mass is 16.2. The summed E-state index contributed by atoms with van der Waals surface area (Å²) in [5, 5.41) is 0.726. The van der Waals surface area contributed by atoms with Crippen molar-refractivity contribution in [1.29, 1.82) is 0 Å². The molecule has 1 heterocycles. The highest BCUT2D eigenvalue weighted by Crippen LogP contribution is 2.19. The molecule has 4 heteroatoms. The van der Waals surface area contributed by atoms with E-state index in [2.05, 4.69) is 4.98 Å². The van der Waals surface area contributed by atoms with Crippen molar-refractivity contribution >= 4 is 22.6 Å². The van der Waals surface area contributed by atoms with Gasteiger partial charge >= 0.3 is 0 Å². The van der Waals surface area contributed by atoms with Gasteiger partial charge in [0.25, 0.3) is 11.7 Å². The molecule has 1 aromatic carbocycles. The van der Waals surface area contributed by atoms with Crippen LogP contribution in [0.2, 0.25) is 0 Å². The molecule has 0 atom stereocenters. The van der Waals surface area contributed by atoms with Crippen LogP contribution in [0.15, 0.2) is 24.4 Å². The zero-order valence-electron chi connectivity index (χ0n) is 8.20. The monoisotopic (exact) mass is 202 g/mol. The summed E-state index contributed by atoms with van der Waals surface area (Å²) in [6.07, 6.45) is 1.51. The Kier molecular flexibility index (Phi) is 2.04. The molecule has 0 fully saturated rings. The number of amides is 1. The molecule has 4 nitrogen and oxygen atoms in total. The summed E-state index contributed by atoms with van der Waals surface area (Å²) in [5.41, 5.74) is 7.20. The normalized spacial score (nSPS) is 10.5. The number of rotatable bonds is 2. The van der Waals surface area contributed by atoms with Gasteiger partial charge < -0.3 is 10.7 Å². The molecule has 0 saturated heterocycles. The fourth-order valence-electron chi connectivity index (χ4n) is 1.56. The predicted octanol–water partition coefficient (Wildman–Crippen LogP) is 1.14. The van der Waals surface area contributed by atoms with E-state index >= 15 is 0 Å². The van der Waals surface area contributed by atoms with Gasteiger partial charge in [-0.2, -0.15) is 0 Å². The maximum atomic E-state index is 11.4. The maximum absolute atomic E-state index is 11.4. The van der Waals surface area contributed by atoms with Gasteiger partial charge in [-0.05, 0) is 18.6 Å².